The standard InChI is InChI=1S/C11H20O2/c1-3-10(8-12-5-1)7-11-4-2-6-13-9-11/h10-11H,1-9H2. The van der Waals surface area contributed by atoms with E-state index in [9.17, 15) is 0 Å². The van der Waals surface area contributed by atoms with Gasteiger partial charge in [-0.1, -0.05) is 0 Å². The molecular formula is C11H20O2. The molecule has 2 rings (SSSR count). The minimum atomic E-state index is 0.820. The molecule has 0 aromatic rings. The zero-order valence-corrected chi connectivity index (χ0v) is 8.34. The van der Waals surface area contributed by atoms with E-state index in [0.717, 1.165) is 38.3 Å². The van der Waals surface area contributed by atoms with Gasteiger partial charge >= 0.3 is 0 Å². The lowest BCUT2D eigenvalue weighted by Crippen LogP contribution is -2.24. The first-order chi connectivity index (χ1) is 6.45. The minimum absolute atomic E-state index is 0.820. The quantitative estimate of drug-likeness (QED) is 0.655. The molecule has 2 fully saturated rings. The molecule has 0 amide bonds. The number of rotatable bonds is 2. The Kier molecular flexibility index (Phi) is 3.62. The zero-order valence-electron chi connectivity index (χ0n) is 8.34. The maximum Gasteiger partial charge on any atom is 0.0494 e. The Morgan fingerprint density at radius 1 is 0.846 bits per heavy atom. The second-order valence-electron chi connectivity index (χ2n) is 4.40. The van der Waals surface area contributed by atoms with Crippen LogP contribution in [0.15, 0.2) is 0 Å². The van der Waals surface area contributed by atoms with Crippen LogP contribution in [0.5, 0.6) is 0 Å². The van der Waals surface area contributed by atoms with E-state index < -0.39 is 0 Å². The van der Waals surface area contributed by atoms with Crippen LogP contribution in [0.3, 0.4) is 0 Å². The van der Waals surface area contributed by atoms with Crippen molar-refractivity contribution >= 4 is 0 Å². The highest BCUT2D eigenvalue weighted by molar-refractivity contribution is 4.70. The maximum atomic E-state index is 5.48. The lowest BCUT2D eigenvalue weighted by molar-refractivity contribution is 0.0127. The van der Waals surface area contributed by atoms with Gasteiger partial charge in [-0.05, 0) is 43.9 Å². The van der Waals surface area contributed by atoms with Gasteiger partial charge in [-0.15, -0.1) is 0 Å². The van der Waals surface area contributed by atoms with Gasteiger partial charge in [-0.2, -0.15) is 0 Å². The van der Waals surface area contributed by atoms with Crippen LogP contribution in [0.4, 0.5) is 0 Å². The predicted octanol–water partition coefficient (Wildman–Crippen LogP) is 2.23. The van der Waals surface area contributed by atoms with Gasteiger partial charge in [0.2, 0.25) is 0 Å². The molecule has 0 aliphatic carbocycles. The third-order valence-electron chi connectivity index (χ3n) is 3.18. The Balaban J connectivity index is 1.69. The third kappa shape index (κ3) is 2.96. The molecule has 0 aromatic carbocycles. The lowest BCUT2D eigenvalue weighted by Gasteiger charge is -2.28. The largest absolute Gasteiger partial charge is 0.381 e. The molecule has 0 N–H and O–H groups in total. The minimum Gasteiger partial charge on any atom is -0.381 e. The van der Waals surface area contributed by atoms with Crippen molar-refractivity contribution in [1.29, 1.82) is 0 Å². The van der Waals surface area contributed by atoms with Crippen LogP contribution < -0.4 is 0 Å². The molecule has 2 atom stereocenters. The molecule has 0 aromatic heterocycles. The molecular weight excluding hydrogens is 164 g/mol. The summed E-state index contributed by atoms with van der Waals surface area (Å²) in [6.45, 7) is 3.96. The summed E-state index contributed by atoms with van der Waals surface area (Å²) in [5, 5.41) is 0. The molecule has 2 nitrogen and oxygen atoms in total. The Labute approximate surface area is 80.6 Å². The van der Waals surface area contributed by atoms with Crippen molar-refractivity contribution in [2.45, 2.75) is 32.1 Å². The number of hydrogen-bond acceptors (Lipinski definition) is 2. The Hall–Kier alpha value is -0.0800. The Morgan fingerprint density at radius 3 is 1.77 bits per heavy atom. The monoisotopic (exact) mass is 184 g/mol. The van der Waals surface area contributed by atoms with Crippen LogP contribution in [-0.2, 0) is 9.47 Å². The SMILES string of the molecule is C1COCC(CC2CCCOC2)C1. The van der Waals surface area contributed by atoms with Crippen LogP contribution in [0, 0.1) is 11.8 Å². The van der Waals surface area contributed by atoms with E-state index in [0.29, 0.717) is 0 Å². The van der Waals surface area contributed by atoms with Crippen LogP contribution in [0.25, 0.3) is 0 Å². The molecule has 2 aliphatic heterocycles. The molecule has 0 radical (unpaired) electrons. The van der Waals surface area contributed by atoms with Crippen molar-refractivity contribution in [3.63, 3.8) is 0 Å². The summed E-state index contributed by atoms with van der Waals surface area (Å²) in [6, 6.07) is 0. The molecule has 0 bridgehead atoms. The first-order valence-electron chi connectivity index (χ1n) is 5.60. The van der Waals surface area contributed by atoms with E-state index in [-0.39, 0.29) is 0 Å². The number of hydrogen-bond donors (Lipinski definition) is 0. The molecule has 76 valence electrons. The summed E-state index contributed by atoms with van der Waals surface area (Å²) >= 11 is 0. The van der Waals surface area contributed by atoms with Crippen molar-refractivity contribution in [2.24, 2.45) is 11.8 Å². The van der Waals surface area contributed by atoms with Gasteiger partial charge in [0.25, 0.3) is 0 Å². The van der Waals surface area contributed by atoms with E-state index in [1.807, 2.05) is 0 Å². The average Bonchev–Trinajstić information content (AvgIpc) is 2.21. The fraction of sp³-hybridized carbons (Fsp3) is 1.00. The van der Waals surface area contributed by atoms with E-state index in [4.69, 9.17) is 9.47 Å². The van der Waals surface area contributed by atoms with Crippen LogP contribution in [0.1, 0.15) is 32.1 Å². The second kappa shape index (κ2) is 4.97. The summed E-state index contributed by atoms with van der Waals surface area (Å²) in [7, 11) is 0. The van der Waals surface area contributed by atoms with Crippen molar-refractivity contribution in [1.82, 2.24) is 0 Å². The average molecular weight is 184 g/mol. The summed E-state index contributed by atoms with van der Waals surface area (Å²) in [5.74, 6) is 1.64. The van der Waals surface area contributed by atoms with Crippen molar-refractivity contribution in [3.05, 3.63) is 0 Å². The molecule has 2 aliphatic rings. The van der Waals surface area contributed by atoms with Gasteiger partial charge in [-0.3, -0.25) is 0 Å². The highest BCUT2D eigenvalue weighted by Gasteiger charge is 2.21. The van der Waals surface area contributed by atoms with Gasteiger partial charge in [-0.25, -0.2) is 0 Å². The topological polar surface area (TPSA) is 18.5 Å². The smallest absolute Gasteiger partial charge is 0.0494 e. The Morgan fingerprint density at radius 2 is 1.38 bits per heavy atom. The normalized spacial score (nSPS) is 36.0. The van der Waals surface area contributed by atoms with Gasteiger partial charge in [0, 0.05) is 26.4 Å². The van der Waals surface area contributed by atoms with E-state index >= 15 is 0 Å². The molecule has 2 heteroatoms. The zero-order chi connectivity index (χ0) is 8.93. The van der Waals surface area contributed by atoms with E-state index in [2.05, 4.69) is 0 Å². The third-order valence-corrected chi connectivity index (χ3v) is 3.18. The summed E-state index contributed by atoms with van der Waals surface area (Å²) < 4.78 is 11.0. The van der Waals surface area contributed by atoms with E-state index in [1.165, 1.54) is 32.1 Å². The highest BCUT2D eigenvalue weighted by atomic mass is 16.5. The van der Waals surface area contributed by atoms with Crippen molar-refractivity contribution < 1.29 is 9.47 Å². The van der Waals surface area contributed by atoms with Crippen LogP contribution in [0.2, 0.25) is 0 Å². The predicted molar refractivity (Wildman–Crippen MR) is 51.7 cm³/mol. The van der Waals surface area contributed by atoms with Crippen LogP contribution >= 0.6 is 0 Å². The van der Waals surface area contributed by atoms with Gasteiger partial charge in [0.05, 0.1) is 0 Å². The fourth-order valence-corrected chi connectivity index (χ4v) is 2.46. The fourth-order valence-electron chi connectivity index (χ4n) is 2.46. The van der Waals surface area contributed by atoms with Crippen molar-refractivity contribution in [2.75, 3.05) is 26.4 Å². The molecule has 2 heterocycles. The molecule has 0 saturated carbocycles. The van der Waals surface area contributed by atoms with E-state index in [1.54, 1.807) is 0 Å². The Bertz CT molecular complexity index is 119. The highest BCUT2D eigenvalue weighted by Crippen LogP contribution is 2.26. The first-order valence-corrected chi connectivity index (χ1v) is 5.60. The van der Waals surface area contributed by atoms with Gasteiger partial charge in [0.1, 0.15) is 0 Å². The molecule has 2 saturated heterocycles. The molecule has 0 spiro atoms. The van der Waals surface area contributed by atoms with Crippen LogP contribution in [-0.4, -0.2) is 26.4 Å². The van der Waals surface area contributed by atoms with Crippen molar-refractivity contribution in [3.8, 4) is 0 Å². The number of ether oxygens (including phenoxy) is 2. The molecule has 2 unspecified atom stereocenters. The molecule has 13 heavy (non-hydrogen) atoms. The van der Waals surface area contributed by atoms with Gasteiger partial charge in [0.15, 0.2) is 0 Å². The summed E-state index contributed by atoms with van der Waals surface area (Å²) in [4.78, 5) is 0. The lowest BCUT2D eigenvalue weighted by atomic mass is 9.87. The first kappa shape index (κ1) is 9.47. The summed E-state index contributed by atoms with van der Waals surface area (Å²) in [6.07, 6.45) is 6.60. The second-order valence-corrected chi connectivity index (χ2v) is 4.40. The maximum absolute atomic E-state index is 5.48. The van der Waals surface area contributed by atoms with Gasteiger partial charge < -0.3 is 9.47 Å². The summed E-state index contributed by atoms with van der Waals surface area (Å²) in [5.41, 5.74) is 0.